The standard InChI is InChI=1S/C9H13N3O2S/c1-8-10-7-9(11-8)15(13,14)12-5-3-2-4-6-12/h2-3,7H,4-6H2,1H3,(H,10,11). The summed E-state index contributed by atoms with van der Waals surface area (Å²) in [6.07, 6.45) is 5.99. The molecule has 0 bridgehead atoms. The van der Waals surface area contributed by atoms with E-state index in [1.807, 2.05) is 12.2 Å². The summed E-state index contributed by atoms with van der Waals surface area (Å²) in [6.45, 7) is 2.71. The smallest absolute Gasteiger partial charge is 0.260 e. The van der Waals surface area contributed by atoms with Crippen molar-refractivity contribution in [3.8, 4) is 0 Å². The summed E-state index contributed by atoms with van der Waals surface area (Å²) in [7, 11) is -3.38. The van der Waals surface area contributed by atoms with Gasteiger partial charge in [-0.3, -0.25) is 0 Å². The number of hydrogen-bond donors (Lipinski definition) is 1. The molecule has 2 rings (SSSR count). The number of nitrogens with one attached hydrogen (secondary N) is 1. The Balaban J connectivity index is 2.30. The summed E-state index contributed by atoms with van der Waals surface area (Å²) in [4.78, 5) is 6.65. The SMILES string of the molecule is Cc1ncc(S(=O)(=O)N2CC=CCC2)[nH]1. The van der Waals surface area contributed by atoms with Gasteiger partial charge in [-0.15, -0.1) is 0 Å². The minimum Gasteiger partial charge on any atom is -0.332 e. The predicted molar refractivity (Wildman–Crippen MR) is 55.8 cm³/mol. The molecule has 0 radical (unpaired) electrons. The Labute approximate surface area is 88.9 Å². The molecule has 2 heterocycles. The second kappa shape index (κ2) is 3.79. The zero-order valence-corrected chi connectivity index (χ0v) is 9.29. The van der Waals surface area contributed by atoms with Gasteiger partial charge < -0.3 is 4.98 Å². The van der Waals surface area contributed by atoms with Gasteiger partial charge in [0.15, 0.2) is 5.03 Å². The van der Waals surface area contributed by atoms with Gasteiger partial charge in [-0.25, -0.2) is 13.4 Å². The van der Waals surface area contributed by atoms with Crippen LogP contribution < -0.4 is 0 Å². The third-order valence-electron chi connectivity index (χ3n) is 2.32. The Kier molecular flexibility index (Phi) is 2.62. The summed E-state index contributed by atoms with van der Waals surface area (Å²) in [6, 6.07) is 0. The van der Waals surface area contributed by atoms with Crippen LogP contribution in [-0.2, 0) is 10.0 Å². The molecule has 0 atom stereocenters. The largest absolute Gasteiger partial charge is 0.332 e. The van der Waals surface area contributed by atoms with Crippen LogP contribution >= 0.6 is 0 Å². The molecule has 1 aromatic heterocycles. The van der Waals surface area contributed by atoms with Crippen LogP contribution in [0.15, 0.2) is 23.4 Å². The molecular formula is C9H13N3O2S. The first-order chi connectivity index (χ1) is 7.10. The highest BCUT2D eigenvalue weighted by atomic mass is 32.2. The highest BCUT2D eigenvalue weighted by molar-refractivity contribution is 7.89. The van der Waals surface area contributed by atoms with Crippen molar-refractivity contribution in [2.24, 2.45) is 0 Å². The van der Waals surface area contributed by atoms with Gasteiger partial charge in [-0.05, 0) is 13.3 Å². The average Bonchev–Trinajstić information content (AvgIpc) is 2.67. The van der Waals surface area contributed by atoms with E-state index in [0.717, 1.165) is 6.42 Å². The zero-order chi connectivity index (χ0) is 10.9. The summed E-state index contributed by atoms with van der Waals surface area (Å²) in [5.41, 5.74) is 0. The van der Waals surface area contributed by atoms with Crippen LogP contribution in [0.5, 0.6) is 0 Å². The minimum absolute atomic E-state index is 0.176. The molecule has 1 aromatic rings. The molecule has 15 heavy (non-hydrogen) atoms. The summed E-state index contributed by atoms with van der Waals surface area (Å²) in [5, 5.41) is 0.176. The van der Waals surface area contributed by atoms with Gasteiger partial charge in [0.05, 0.1) is 6.20 Å². The molecule has 0 unspecified atom stereocenters. The molecule has 1 N–H and O–H groups in total. The van der Waals surface area contributed by atoms with Crippen molar-refractivity contribution in [2.75, 3.05) is 13.1 Å². The third kappa shape index (κ3) is 1.95. The molecule has 0 aromatic carbocycles. The first-order valence-electron chi connectivity index (χ1n) is 4.77. The number of aromatic nitrogens is 2. The number of rotatable bonds is 2. The van der Waals surface area contributed by atoms with E-state index in [4.69, 9.17) is 0 Å². The van der Waals surface area contributed by atoms with Gasteiger partial charge in [0.2, 0.25) is 0 Å². The normalized spacial score (nSPS) is 18.2. The van der Waals surface area contributed by atoms with Gasteiger partial charge >= 0.3 is 0 Å². The van der Waals surface area contributed by atoms with Gasteiger partial charge in [0, 0.05) is 13.1 Å². The van der Waals surface area contributed by atoms with Crippen LogP contribution in [0.3, 0.4) is 0 Å². The summed E-state index contributed by atoms with van der Waals surface area (Å²) < 4.78 is 25.5. The van der Waals surface area contributed by atoms with E-state index in [2.05, 4.69) is 9.97 Å². The fourth-order valence-corrected chi connectivity index (χ4v) is 2.88. The third-order valence-corrected chi connectivity index (χ3v) is 4.09. The van der Waals surface area contributed by atoms with Crippen molar-refractivity contribution >= 4 is 10.0 Å². The maximum atomic E-state index is 12.0. The van der Waals surface area contributed by atoms with E-state index in [9.17, 15) is 8.42 Å². The van der Waals surface area contributed by atoms with Crippen LogP contribution in [0.2, 0.25) is 0 Å². The van der Waals surface area contributed by atoms with Crippen LogP contribution in [0, 0.1) is 6.92 Å². The lowest BCUT2D eigenvalue weighted by Gasteiger charge is -2.21. The second-order valence-corrected chi connectivity index (χ2v) is 5.36. The molecule has 1 aliphatic heterocycles. The molecule has 1 aliphatic rings. The quantitative estimate of drug-likeness (QED) is 0.755. The number of sulfonamides is 1. The van der Waals surface area contributed by atoms with Crippen molar-refractivity contribution < 1.29 is 8.42 Å². The van der Waals surface area contributed by atoms with Crippen molar-refractivity contribution in [3.05, 3.63) is 24.2 Å². The molecule has 82 valence electrons. The van der Waals surface area contributed by atoms with Gasteiger partial charge in [-0.1, -0.05) is 12.2 Å². The summed E-state index contributed by atoms with van der Waals surface area (Å²) >= 11 is 0. The maximum absolute atomic E-state index is 12.0. The number of aryl methyl sites for hydroxylation is 1. The van der Waals surface area contributed by atoms with E-state index < -0.39 is 10.0 Å². The number of nitrogens with zero attached hydrogens (tertiary/aromatic N) is 2. The Morgan fingerprint density at radius 2 is 2.27 bits per heavy atom. The first kappa shape index (κ1) is 10.4. The van der Waals surface area contributed by atoms with E-state index in [0.29, 0.717) is 18.9 Å². The Morgan fingerprint density at radius 1 is 1.47 bits per heavy atom. The lowest BCUT2D eigenvalue weighted by molar-refractivity contribution is 0.435. The number of aromatic amines is 1. The first-order valence-corrected chi connectivity index (χ1v) is 6.21. The number of hydrogen-bond acceptors (Lipinski definition) is 3. The fraction of sp³-hybridized carbons (Fsp3) is 0.444. The molecule has 0 saturated carbocycles. The molecule has 0 amide bonds. The maximum Gasteiger partial charge on any atom is 0.260 e. The number of imidazole rings is 1. The zero-order valence-electron chi connectivity index (χ0n) is 8.47. The molecule has 0 saturated heterocycles. The van der Waals surface area contributed by atoms with Crippen LogP contribution in [0.4, 0.5) is 0 Å². The van der Waals surface area contributed by atoms with E-state index in [-0.39, 0.29) is 5.03 Å². The van der Waals surface area contributed by atoms with Gasteiger partial charge in [0.25, 0.3) is 10.0 Å². The monoisotopic (exact) mass is 227 g/mol. The van der Waals surface area contributed by atoms with Crippen molar-refractivity contribution in [2.45, 2.75) is 18.4 Å². The second-order valence-electron chi connectivity index (χ2n) is 3.46. The molecule has 0 spiro atoms. The molecular weight excluding hydrogens is 214 g/mol. The van der Waals surface area contributed by atoms with Crippen molar-refractivity contribution in [3.63, 3.8) is 0 Å². The van der Waals surface area contributed by atoms with E-state index in [1.54, 1.807) is 6.92 Å². The molecule has 0 fully saturated rings. The highest BCUT2D eigenvalue weighted by Gasteiger charge is 2.25. The molecule has 6 heteroatoms. The van der Waals surface area contributed by atoms with E-state index >= 15 is 0 Å². The minimum atomic E-state index is -3.38. The molecule has 0 aliphatic carbocycles. The Hall–Kier alpha value is -1.14. The molecule has 5 nitrogen and oxygen atoms in total. The lowest BCUT2D eigenvalue weighted by atomic mass is 10.3. The number of H-pyrrole nitrogens is 1. The van der Waals surface area contributed by atoms with Gasteiger partial charge in [0.1, 0.15) is 5.82 Å². The van der Waals surface area contributed by atoms with Crippen LogP contribution in [0.25, 0.3) is 0 Å². The fourth-order valence-electron chi connectivity index (χ4n) is 1.51. The van der Waals surface area contributed by atoms with Gasteiger partial charge in [-0.2, -0.15) is 4.31 Å². The summed E-state index contributed by atoms with van der Waals surface area (Å²) in [5.74, 6) is 0.612. The predicted octanol–water partition coefficient (Wildman–Crippen LogP) is 0.669. The average molecular weight is 227 g/mol. The van der Waals surface area contributed by atoms with E-state index in [1.165, 1.54) is 10.5 Å². The lowest BCUT2D eigenvalue weighted by Crippen LogP contribution is -2.34. The van der Waals surface area contributed by atoms with Crippen LogP contribution in [-0.4, -0.2) is 35.8 Å². The van der Waals surface area contributed by atoms with Crippen molar-refractivity contribution in [1.82, 2.24) is 14.3 Å². The van der Waals surface area contributed by atoms with Crippen molar-refractivity contribution in [1.29, 1.82) is 0 Å². The van der Waals surface area contributed by atoms with Crippen LogP contribution in [0.1, 0.15) is 12.2 Å². The Morgan fingerprint density at radius 3 is 2.80 bits per heavy atom. The Bertz CT molecular complexity index is 475. The highest BCUT2D eigenvalue weighted by Crippen LogP contribution is 2.15. The topological polar surface area (TPSA) is 66.1 Å².